The molecule has 2 unspecified atom stereocenters. The van der Waals surface area contributed by atoms with Crippen molar-refractivity contribution in [3.63, 3.8) is 0 Å². The fraction of sp³-hybridized carbons (Fsp3) is 0.800. The average Bonchev–Trinajstić information content (AvgIpc) is 2.35. The Balaban J connectivity index is 2.73. The van der Waals surface area contributed by atoms with E-state index in [9.17, 15) is 9.59 Å². The molecule has 0 spiro atoms. The van der Waals surface area contributed by atoms with Crippen LogP contribution in [0.5, 0.6) is 0 Å². The Morgan fingerprint density at radius 2 is 2.31 bits per heavy atom. The number of amides is 1. The van der Waals surface area contributed by atoms with E-state index in [0.717, 1.165) is 0 Å². The van der Waals surface area contributed by atoms with Crippen molar-refractivity contribution in [2.24, 2.45) is 0 Å². The molecule has 0 radical (unpaired) electrons. The number of rotatable bonds is 3. The summed E-state index contributed by atoms with van der Waals surface area (Å²) < 4.78 is 9.84. The smallest absolute Gasteiger partial charge is 0.331 e. The molecule has 0 saturated carbocycles. The monoisotopic (exact) mass is 293 g/mol. The first kappa shape index (κ1) is 13.4. The van der Waals surface area contributed by atoms with Crippen LogP contribution in [0.3, 0.4) is 0 Å². The Morgan fingerprint density at radius 3 is 2.88 bits per heavy atom. The van der Waals surface area contributed by atoms with Crippen molar-refractivity contribution in [3.8, 4) is 0 Å². The van der Waals surface area contributed by atoms with Crippen LogP contribution in [0.15, 0.2) is 0 Å². The third kappa shape index (κ3) is 2.95. The van der Waals surface area contributed by atoms with E-state index in [4.69, 9.17) is 4.74 Å². The van der Waals surface area contributed by atoms with Crippen molar-refractivity contribution in [3.05, 3.63) is 0 Å². The van der Waals surface area contributed by atoms with Crippen LogP contribution in [0.2, 0.25) is 0 Å². The van der Waals surface area contributed by atoms with Crippen molar-refractivity contribution in [2.75, 3.05) is 26.9 Å². The Labute approximate surface area is 103 Å². The van der Waals surface area contributed by atoms with Crippen molar-refractivity contribution in [1.82, 2.24) is 4.90 Å². The first-order valence-corrected chi connectivity index (χ1v) is 6.13. The topological polar surface area (TPSA) is 55.8 Å². The van der Waals surface area contributed by atoms with Crippen LogP contribution in [-0.4, -0.2) is 54.5 Å². The zero-order valence-corrected chi connectivity index (χ0v) is 11.0. The molecule has 1 heterocycles. The molecule has 1 rings (SSSR count). The van der Waals surface area contributed by atoms with E-state index >= 15 is 0 Å². The van der Waals surface area contributed by atoms with Crippen molar-refractivity contribution >= 4 is 27.8 Å². The number of nitrogens with zero attached hydrogens (tertiary/aromatic N) is 1. The minimum atomic E-state index is -0.613. The number of hydrogen-bond acceptors (Lipinski definition) is 4. The van der Waals surface area contributed by atoms with Gasteiger partial charge in [-0.3, -0.25) is 4.79 Å². The SMILES string of the molecule is CCC(Br)C(=O)N1CCOCC1C(=O)OC. The summed E-state index contributed by atoms with van der Waals surface area (Å²) in [4.78, 5) is 24.7. The average molecular weight is 294 g/mol. The Morgan fingerprint density at radius 1 is 1.62 bits per heavy atom. The Bertz CT molecular complexity index is 272. The van der Waals surface area contributed by atoms with Gasteiger partial charge in [-0.2, -0.15) is 0 Å². The standard InChI is InChI=1S/C10H16BrNO4/c1-3-7(11)9(13)12-4-5-16-6-8(12)10(14)15-2/h7-8H,3-6H2,1-2H3. The lowest BCUT2D eigenvalue weighted by Crippen LogP contribution is -2.54. The first-order valence-electron chi connectivity index (χ1n) is 5.22. The van der Waals surface area contributed by atoms with Crippen molar-refractivity contribution < 1.29 is 19.1 Å². The van der Waals surface area contributed by atoms with Gasteiger partial charge in [0.05, 0.1) is 25.2 Å². The highest BCUT2D eigenvalue weighted by molar-refractivity contribution is 9.10. The molecular formula is C10H16BrNO4. The summed E-state index contributed by atoms with van der Waals surface area (Å²) in [6.45, 7) is 3.01. The highest BCUT2D eigenvalue weighted by atomic mass is 79.9. The summed E-state index contributed by atoms with van der Waals surface area (Å²) in [7, 11) is 1.31. The largest absolute Gasteiger partial charge is 0.467 e. The van der Waals surface area contributed by atoms with Crippen molar-refractivity contribution in [2.45, 2.75) is 24.2 Å². The summed E-state index contributed by atoms with van der Waals surface area (Å²) in [5, 5.41) is 0. The van der Waals surface area contributed by atoms with Gasteiger partial charge in [-0.15, -0.1) is 0 Å². The van der Waals surface area contributed by atoms with Crippen molar-refractivity contribution in [1.29, 1.82) is 0 Å². The summed E-state index contributed by atoms with van der Waals surface area (Å²) in [6.07, 6.45) is 0.685. The molecule has 1 fully saturated rings. The Kier molecular flexibility index (Phi) is 5.21. The second-order valence-corrected chi connectivity index (χ2v) is 4.63. The maximum atomic E-state index is 12.0. The van der Waals surface area contributed by atoms with Gasteiger partial charge in [0.15, 0.2) is 6.04 Å². The number of alkyl halides is 1. The molecule has 1 aliphatic rings. The lowest BCUT2D eigenvalue weighted by atomic mass is 10.2. The normalized spacial score (nSPS) is 22.7. The number of ether oxygens (including phenoxy) is 2. The lowest BCUT2D eigenvalue weighted by molar-refractivity contribution is -0.160. The second-order valence-electron chi connectivity index (χ2n) is 3.52. The maximum Gasteiger partial charge on any atom is 0.331 e. The molecule has 0 aromatic heterocycles. The van der Waals surface area contributed by atoms with E-state index in [1.807, 2.05) is 6.92 Å². The molecule has 92 valence electrons. The molecule has 0 bridgehead atoms. The maximum absolute atomic E-state index is 12.0. The molecule has 5 nitrogen and oxygen atoms in total. The van der Waals surface area contributed by atoms with Gasteiger partial charge >= 0.3 is 5.97 Å². The van der Waals surface area contributed by atoms with Crippen LogP contribution in [0.4, 0.5) is 0 Å². The first-order chi connectivity index (χ1) is 7.61. The number of carbonyl (C=O) groups is 2. The molecule has 0 N–H and O–H groups in total. The highest BCUT2D eigenvalue weighted by Gasteiger charge is 2.35. The zero-order chi connectivity index (χ0) is 12.1. The molecule has 1 saturated heterocycles. The van der Waals surface area contributed by atoms with Crippen LogP contribution in [0.25, 0.3) is 0 Å². The number of morpholine rings is 1. The minimum absolute atomic E-state index is 0.0822. The van der Waals surface area contributed by atoms with E-state index in [-0.39, 0.29) is 17.3 Å². The third-order valence-electron chi connectivity index (χ3n) is 2.51. The fourth-order valence-corrected chi connectivity index (χ4v) is 1.82. The second kappa shape index (κ2) is 6.20. The predicted molar refractivity (Wildman–Crippen MR) is 61.3 cm³/mol. The molecule has 2 atom stereocenters. The van der Waals surface area contributed by atoms with Gasteiger partial charge in [-0.25, -0.2) is 4.79 Å². The van der Waals surface area contributed by atoms with Gasteiger partial charge in [-0.05, 0) is 6.42 Å². The van der Waals surface area contributed by atoms with Gasteiger partial charge < -0.3 is 14.4 Å². The molecule has 6 heteroatoms. The van der Waals surface area contributed by atoms with Gasteiger partial charge in [0, 0.05) is 6.54 Å². The number of methoxy groups -OCH3 is 1. The Hall–Kier alpha value is -0.620. The summed E-state index contributed by atoms with van der Waals surface area (Å²) >= 11 is 3.29. The predicted octanol–water partition coefficient (Wildman–Crippen LogP) is 0.560. The number of halogens is 1. The van der Waals surface area contributed by atoms with Crippen LogP contribution >= 0.6 is 15.9 Å². The fourth-order valence-electron chi connectivity index (χ4n) is 1.55. The molecule has 1 amide bonds. The molecule has 16 heavy (non-hydrogen) atoms. The van der Waals surface area contributed by atoms with Crippen LogP contribution in [0, 0.1) is 0 Å². The lowest BCUT2D eigenvalue weighted by Gasteiger charge is -2.34. The van der Waals surface area contributed by atoms with Crippen LogP contribution in [0.1, 0.15) is 13.3 Å². The van der Waals surface area contributed by atoms with Gasteiger partial charge in [0.1, 0.15) is 0 Å². The van der Waals surface area contributed by atoms with E-state index in [1.165, 1.54) is 12.0 Å². The number of hydrogen-bond donors (Lipinski definition) is 0. The quantitative estimate of drug-likeness (QED) is 0.564. The van der Waals surface area contributed by atoms with Gasteiger partial charge in [0.25, 0.3) is 0 Å². The van der Waals surface area contributed by atoms with E-state index in [2.05, 4.69) is 20.7 Å². The van der Waals surface area contributed by atoms with Crippen LogP contribution in [-0.2, 0) is 19.1 Å². The molecule has 0 aromatic rings. The highest BCUT2D eigenvalue weighted by Crippen LogP contribution is 2.15. The van der Waals surface area contributed by atoms with Gasteiger partial charge in [-0.1, -0.05) is 22.9 Å². The molecule has 1 aliphatic heterocycles. The molecular weight excluding hydrogens is 278 g/mol. The number of carbonyl (C=O) groups excluding carboxylic acids is 2. The van der Waals surface area contributed by atoms with E-state index in [0.29, 0.717) is 19.6 Å². The summed E-state index contributed by atoms with van der Waals surface area (Å²) in [6, 6.07) is -0.613. The molecule has 0 aliphatic carbocycles. The van der Waals surface area contributed by atoms with E-state index in [1.54, 1.807) is 0 Å². The van der Waals surface area contributed by atoms with Crippen LogP contribution < -0.4 is 0 Å². The van der Waals surface area contributed by atoms with E-state index < -0.39 is 12.0 Å². The zero-order valence-electron chi connectivity index (χ0n) is 9.44. The summed E-state index contributed by atoms with van der Waals surface area (Å²) in [5.74, 6) is -0.509. The molecule has 0 aromatic carbocycles. The van der Waals surface area contributed by atoms with Gasteiger partial charge in [0.2, 0.25) is 5.91 Å². The minimum Gasteiger partial charge on any atom is -0.467 e. The summed E-state index contributed by atoms with van der Waals surface area (Å²) in [5.41, 5.74) is 0. The number of esters is 1. The third-order valence-corrected chi connectivity index (χ3v) is 3.55.